The fraction of sp³-hybridized carbons (Fsp3) is 0.182. The minimum Gasteiger partial charge on any atom is -0.440 e. The van der Waals surface area contributed by atoms with Crippen molar-refractivity contribution in [2.45, 2.75) is 13.3 Å². The molecular formula is C11H10N2O. The number of hydrogen-bond acceptors (Lipinski definition) is 3. The highest BCUT2D eigenvalue weighted by atomic mass is 16.5. The first-order valence-electron chi connectivity index (χ1n) is 4.37. The molecule has 1 aliphatic heterocycles. The van der Waals surface area contributed by atoms with Gasteiger partial charge in [0.15, 0.2) is 0 Å². The van der Waals surface area contributed by atoms with Crippen LogP contribution in [-0.4, -0.2) is 0 Å². The molecular weight excluding hydrogens is 176 g/mol. The SMILES string of the molecule is Cc1ccc2c(c1)CC(C#N)=C(N)O2. The molecule has 2 rings (SSSR count). The monoisotopic (exact) mass is 186 g/mol. The number of ether oxygens (including phenoxy) is 1. The lowest BCUT2D eigenvalue weighted by molar-refractivity contribution is 0.399. The molecule has 1 aliphatic rings. The lowest BCUT2D eigenvalue weighted by Crippen LogP contribution is -2.16. The number of nitrogens with zero attached hydrogens (tertiary/aromatic N) is 1. The maximum Gasteiger partial charge on any atom is 0.205 e. The number of aryl methyl sites for hydroxylation is 1. The van der Waals surface area contributed by atoms with E-state index in [0.29, 0.717) is 12.0 Å². The Morgan fingerprint density at radius 2 is 2.29 bits per heavy atom. The van der Waals surface area contributed by atoms with E-state index >= 15 is 0 Å². The second-order valence-corrected chi connectivity index (χ2v) is 3.34. The summed E-state index contributed by atoms with van der Waals surface area (Å²) >= 11 is 0. The number of nitriles is 1. The number of allylic oxidation sites excluding steroid dienone is 1. The van der Waals surface area contributed by atoms with Crippen LogP contribution in [0.15, 0.2) is 29.7 Å². The summed E-state index contributed by atoms with van der Waals surface area (Å²) in [6, 6.07) is 7.90. The summed E-state index contributed by atoms with van der Waals surface area (Å²) in [6.45, 7) is 2.01. The number of rotatable bonds is 0. The van der Waals surface area contributed by atoms with E-state index in [2.05, 4.69) is 0 Å². The first kappa shape index (κ1) is 8.64. The first-order chi connectivity index (χ1) is 6.70. The minimum absolute atomic E-state index is 0.226. The van der Waals surface area contributed by atoms with Crippen molar-refractivity contribution in [3.63, 3.8) is 0 Å². The van der Waals surface area contributed by atoms with Crippen LogP contribution in [0.2, 0.25) is 0 Å². The second kappa shape index (κ2) is 3.08. The van der Waals surface area contributed by atoms with Crippen LogP contribution in [-0.2, 0) is 6.42 Å². The normalized spacial score (nSPS) is 14.3. The molecule has 0 radical (unpaired) electrons. The van der Waals surface area contributed by atoms with Gasteiger partial charge in [0.2, 0.25) is 5.88 Å². The Balaban J connectivity index is 2.45. The fourth-order valence-electron chi connectivity index (χ4n) is 1.50. The summed E-state index contributed by atoms with van der Waals surface area (Å²) in [7, 11) is 0. The van der Waals surface area contributed by atoms with E-state index in [1.165, 1.54) is 0 Å². The van der Waals surface area contributed by atoms with Gasteiger partial charge in [0, 0.05) is 12.0 Å². The fourth-order valence-corrected chi connectivity index (χ4v) is 1.50. The predicted molar refractivity (Wildman–Crippen MR) is 52.3 cm³/mol. The van der Waals surface area contributed by atoms with E-state index in [1.54, 1.807) is 0 Å². The van der Waals surface area contributed by atoms with Gasteiger partial charge in [-0.05, 0) is 13.0 Å². The van der Waals surface area contributed by atoms with Crippen molar-refractivity contribution in [2.75, 3.05) is 0 Å². The molecule has 3 heteroatoms. The van der Waals surface area contributed by atoms with Gasteiger partial charge in [0.25, 0.3) is 0 Å². The third-order valence-electron chi connectivity index (χ3n) is 2.24. The highest BCUT2D eigenvalue weighted by Crippen LogP contribution is 2.28. The summed E-state index contributed by atoms with van der Waals surface area (Å²) in [5, 5.41) is 8.79. The topological polar surface area (TPSA) is 59.0 Å². The van der Waals surface area contributed by atoms with Crippen LogP contribution >= 0.6 is 0 Å². The van der Waals surface area contributed by atoms with Crippen LogP contribution in [0.25, 0.3) is 0 Å². The molecule has 0 aliphatic carbocycles. The first-order valence-corrected chi connectivity index (χ1v) is 4.37. The second-order valence-electron chi connectivity index (χ2n) is 3.34. The van der Waals surface area contributed by atoms with Crippen molar-refractivity contribution < 1.29 is 4.74 Å². The van der Waals surface area contributed by atoms with E-state index in [1.807, 2.05) is 31.2 Å². The highest BCUT2D eigenvalue weighted by Gasteiger charge is 2.17. The van der Waals surface area contributed by atoms with Crippen LogP contribution in [0.5, 0.6) is 5.75 Å². The molecule has 2 N–H and O–H groups in total. The predicted octanol–water partition coefficient (Wildman–Crippen LogP) is 1.62. The molecule has 0 spiro atoms. The maximum atomic E-state index is 8.79. The Kier molecular flexibility index (Phi) is 1.90. The zero-order chi connectivity index (χ0) is 10.1. The summed E-state index contributed by atoms with van der Waals surface area (Å²) in [6.07, 6.45) is 0.569. The number of benzene rings is 1. The Labute approximate surface area is 82.4 Å². The molecule has 70 valence electrons. The van der Waals surface area contributed by atoms with Gasteiger partial charge in [-0.25, -0.2) is 0 Å². The van der Waals surface area contributed by atoms with E-state index < -0.39 is 0 Å². The van der Waals surface area contributed by atoms with Crippen molar-refractivity contribution in [2.24, 2.45) is 5.73 Å². The van der Waals surface area contributed by atoms with Crippen molar-refractivity contribution in [3.8, 4) is 11.8 Å². The molecule has 0 atom stereocenters. The van der Waals surface area contributed by atoms with Gasteiger partial charge in [-0.1, -0.05) is 17.7 Å². The number of hydrogen-bond donors (Lipinski definition) is 1. The minimum atomic E-state index is 0.226. The summed E-state index contributed by atoms with van der Waals surface area (Å²) in [5.41, 5.74) is 8.26. The van der Waals surface area contributed by atoms with Crippen LogP contribution in [0.4, 0.5) is 0 Å². The molecule has 0 saturated carbocycles. The molecule has 0 fully saturated rings. The standard InChI is InChI=1S/C11H10N2O/c1-7-2-3-10-8(4-7)5-9(6-12)11(13)14-10/h2-4H,5,13H2,1H3. The number of fused-ring (bicyclic) bond motifs is 1. The van der Waals surface area contributed by atoms with Crippen molar-refractivity contribution in [3.05, 3.63) is 40.8 Å². The van der Waals surface area contributed by atoms with Gasteiger partial charge < -0.3 is 10.5 Å². The molecule has 3 nitrogen and oxygen atoms in total. The lowest BCUT2D eigenvalue weighted by Gasteiger charge is -2.17. The van der Waals surface area contributed by atoms with Gasteiger partial charge in [-0.2, -0.15) is 5.26 Å². The molecule has 1 aromatic rings. The third-order valence-corrected chi connectivity index (χ3v) is 2.24. The van der Waals surface area contributed by atoms with Crippen LogP contribution < -0.4 is 10.5 Å². The maximum absolute atomic E-state index is 8.79. The molecule has 0 bridgehead atoms. The van der Waals surface area contributed by atoms with Crippen molar-refractivity contribution in [1.82, 2.24) is 0 Å². The van der Waals surface area contributed by atoms with Gasteiger partial charge >= 0.3 is 0 Å². The molecule has 0 amide bonds. The van der Waals surface area contributed by atoms with E-state index in [4.69, 9.17) is 15.7 Å². The van der Waals surface area contributed by atoms with Crippen molar-refractivity contribution in [1.29, 1.82) is 5.26 Å². The molecule has 0 aromatic heterocycles. The van der Waals surface area contributed by atoms with Gasteiger partial charge in [0.05, 0.1) is 5.57 Å². The third kappa shape index (κ3) is 1.31. The largest absolute Gasteiger partial charge is 0.440 e. The van der Waals surface area contributed by atoms with Gasteiger partial charge in [0.1, 0.15) is 11.8 Å². The van der Waals surface area contributed by atoms with Crippen molar-refractivity contribution >= 4 is 0 Å². The Hall–Kier alpha value is -1.95. The average molecular weight is 186 g/mol. The Bertz CT molecular complexity index is 455. The highest BCUT2D eigenvalue weighted by molar-refractivity contribution is 5.46. The quantitative estimate of drug-likeness (QED) is 0.669. The van der Waals surface area contributed by atoms with E-state index in [0.717, 1.165) is 16.9 Å². The zero-order valence-electron chi connectivity index (χ0n) is 7.87. The van der Waals surface area contributed by atoms with Crippen LogP contribution in [0.3, 0.4) is 0 Å². The smallest absolute Gasteiger partial charge is 0.205 e. The average Bonchev–Trinajstić information content (AvgIpc) is 2.17. The van der Waals surface area contributed by atoms with Crippen LogP contribution in [0.1, 0.15) is 11.1 Å². The van der Waals surface area contributed by atoms with E-state index in [9.17, 15) is 0 Å². The number of nitrogens with two attached hydrogens (primary N) is 1. The molecule has 1 aromatic carbocycles. The van der Waals surface area contributed by atoms with Gasteiger partial charge in [-0.3, -0.25) is 0 Å². The van der Waals surface area contributed by atoms with Gasteiger partial charge in [-0.15, -0.1) is 0 Å². The Morgan fingerprint density at radius 3 is 3.00 bits per heavy atom. The molecule has 14 heavy (non-hydrogen) atoms. The zero-order valence-corrected chi connectivity index (χ0v) is 7.87. The Morgan fingerprint density at radius 1 is 1.50 bits per heavy atom. The molecule has 0 saturated heterocycles. The summed E-state index contributed by atoms with van der Waals surface area (Å²) in [5.74, 6) is 0.982. The summed E-state index contributed by atoms with van der Waals surface area (Å²) < 4.78 is 5.33. The molecule has 1 heterocycles. The van der Waals surface area contributed by atoms with Crippen LogP contribution in [0, 0.1) is 18.3 Å². The summed E-state index contributed by atoms with van der Waals surface area (Å²) in [4.78, 5) is 0. The lowest BCUT2D eigenvalue weighted by atomic mass is 10.0. The van der Waals surface area contributed by atoms with E-state index in [-0.39, 0.29) is 5.88 Å². The molecule has 0 unspecified atom stereocenters.